The van der Waals surface area contributed by atoms with E-state index in [4.69, 9.17) is 14.2 Å². The van der Waals surface area contributed by atoms with Crippen molar-refractivity contribution in [2.24, 2.45) is 5.92 Å². The molecule has 0 aliphatic carbocycles. The van der Waals surface area contributed by atoms with Crippen molar-refractivity contribution in [3.63, 3.8) is 0 Å². The highest BCUT2D eigenvalue weighted by Gasteiger charge is 2.29. The van der Waals surface area contributed by atoms with E-state index in [1.54, 1.807) is 6.92 Å². The molecule has 0 amide bonds. The van der Waals surface area contributed by atoms with Crippen LogP contribution in [-0.4, -0.2) is 35.9 Å². The molecule has 37 heavy (non-hydrogen) atoms. The number of esters is 2. The van der Waals surface area contributed by atoms with Gasteiger partial charge in [-0.1, -0.05) is 66.6 Å². The molecule has 0 radical (unpaired) electrons. The first-order chi connectivity index (χ1) is 17.6. The van der Waals surface area contributed by atoms with Gasteiger partial charge in [-0.2, -0.15) is 0 Å². The number of methoxy groups -OCH3 is 1. The van der Waals surface area contributed by atoms with E-state index in [0.717, 1.165) is 22.3 Å². The number of rotatable bonds is 10. The van der Waals surface area contributed by atoms with Gasteiger partial charge in [0.2, 0.25) is 5.75 Å². The van der Waals surface area contributed by atoms with Crippen LogP contribution in [0, 0.1) is 19.8 Å². The third-order valence-electron chi connectivity index (χ3n) is 6.07. The van der Waals surface area contributed by atoms with E-state index in [1.165, 1.54) is 26.3 Å². The number of ether oxygens (including phenoxy) is 3. The molecule has 3 rings (SSSR count). The van der Waals surface area contributed by atoms with Crippen molar-refractivity contribution in [1.29, 1.82) is 0 Å². The molecule has 7 nitrogen and oxygen atoms in total. The van der Waals surface area contributed by atoms with Crippen molar-refractivity contribution < 1.29 is 28.6 Å². The maximum absolute atomic E-state index is 13.1. The molecular formula is C30H33NO6. The summed E-state index contributed by atoms with van der Waals surface area (Å²) in [5, 5.41) is 0. The topological polar surface area (TPSA) is 91.8 Å². The monoisotopic (exact) mass is 503 g/mol. The van der Waals surface area contributed by atoms with Gasteiger partial charge in [0.15, 0.2) is 17.2 Å². The third kappa shape index (κ3) is 7.03. The van der Waals surface area contributed by atoms with E-state index >= 15 is 0 Å². The number of nitrogens with zero attached hydrogens (tertiary/aromatic N) is 1. The van der Waals surface area contributed by atoms with Crippen molar-refractivity contribution >= 4 is 17.7 Å². The van der Waals surface area contributed by atoms with Crippen LogP contribution in [0.3, 0.4) is 0 Å². The molecule has 1 aromatic heterocycles. The lowest BCUT2D eigenvalue weighted by Gasteiger charge is -2.27. The molecule has 0 aliphatic rings. The minimum Gasteiger partial charge on any atom is -0.493 e. The number of carbonyl (C=O) groups is 3. The molecule has 2 atom stereocenters. The van der Waals surface area contributed by atoms with Crippen LogP contribution in [0.2, 0.25) is 0 Å². The van der Waals surface area contributed by atoms with Crippen LogP contribution in [0.4, 0.5) is 0 Å². The summed E-state index contributed by atoms with van der Waals surface area (Å²) in [4.78, 5) is 41.8. The summed E-state index contributed by atoms with van der Waals surface area (Å²) in [7, 11) is 1.40. The normalized spacial score (nSPS) is 12.5. The Bertz CT molecular complexity index is 1240. The molecule has 0 unspecified atom stereocenters. The van der Waals surface area contributed by atoms with Crippen LogP contribution < -0.4 is 9.47 Å². The Morgan fingerprint density at radius 1 is 0.919 bits per heavy atom. The highest BCUT2D eigenvalue weighted by molar-refractivity contribution is 5.99. The van der Waals surface area contributed by atoms with Crippen molar-refractivity contribution in [1.82, 2.24) is 4.98 Å². The van der Waals surface area contributed by atoms with Gasteiger partial charge in [0, 0.05) is 31.5 Å². The minimum atomic E-state index is -0.746. The quantitative estimate of drug-likeness (QED) is 0.262. The molecule has 0 N–H and O–H groups in total. The molecule has 7 heteroatoms. The summed E-state index contributed by atoms with van der Waals surface area (Å²) < 4.78 is 16.3. The Morgan fingerprint density at radius 3 is 2.03 bits per heavy atom. The Kier molecular flexibility index (Phi) is 9.17. The van der Waals surface area contributed by atoms with Crippen molar-refractivity contribution in [3.05, 3.63) is 88.7 Å². The zero-order chi connectivity index (χ0) is 27.1. The molecule has 1 heterocycles. The summed E-state index contributed by atoms with van der Waals surface area (Å²) in [6.45, 7) is 8.77. The van der Waals surface area contributed by atoms with Crippen LogP contribution in [0.1, 0.15) is 65.9 Å². The molecule has 0 saturated heterocycles. The number of carbonyl (C=O) groups excluding carboxylic acids is 3. The van der Waals surface area contributed by atoms with Crippen LogP contribution in [0.25, 0.3) is 0 Å². The number of hydrogen-bond acceptors (Lipinski definition) is 7. The fraction of sp³-hybridized carbons (Fsp3) is 0.333. The zero-order valence-corrected chi connectivity index (χ0v) is 22.1. The maximum Gasteiger partial charge on any atom is 0.309 e. The predicted molar refractivity (Wildman–Crippen MR) is 140 cm³/mol. The van der Waals surface area contributed by atoms with Crippen LogP contribution >= 0.6 is 0 Å². The van der Waals surface area contributed by atoms with Crippen LogP contribution in [-0.2, 0) is 14.3 Å². The molecule has 0 spiro atoms. The van der Waals surface area contributed by atoms with Gasteiger partial charge in [0.05, 0.1) is 13.0 Å². The molecule has 2 aromatic carbocycles. The average Bonchev–Trinajstić information content (AvgIpc) is 2.84. The summed E-state index contributed by atoms with van der Waals surface area (Å²) >= 11 is 0. The summed E-state index contributed by atoms with van der Waals surface area (Å²) in [6.07, 6.45) is 0.734. The maximum atomic E-state index is 13.1. The van der Waals surface area contributed by atoms with Gasteiger partial charge in [0.1, 0.15) is 6.10 Å². The van der Waals surface area contributed by atoms with Crippen LogP contribution in [0.5, 0.6) is 11.5 Å². The first-order valence-corrected chi connectivity index (χ1v) is 12.2. The van der Waals surface area contributed by atoms with E-state index in [9.17, 15) is 14.4 Å². The first kappa shape index (κ1) is 27.6. The second kappa shape index (κ2) is 12.3. The fourth-order valence-corrected chi connectivity index (χ4v) is 4.32. The highest BCUT2D eigenvalue weighted by Crippen LogP contribution is 2.33. The molecule has 3 aromatic rings. The van der Waals surface area contributed by atoms with Gasteiger partial charge < -0.3 is 14.2 Å². The van der Waals surface area contributed by atoms with Gasteiger partial charge in [-0.3, -0.25) is 14.4 Å². The second-order valence-electron chi connectivity index (χ2n) is 9.26. The van der Waals surface area contributed by atoms with Crippen molar-refractivity contribution in [3.8, 4) is 11.5 Å². The zero-order valence-electron chi connectivity index (χ0n) is 22.1. The van der Waals surface area contributed by atoms with Crippen molar-refractivity contribution in [2.45, 2.75) is 53.1 Å². The predicted octanol–water partition coefficient (Wildman–Crippen LogP) is 5.61. The SMILES string of the molecule is COc1ccnc(C(=O)C[C@@H](C)C(=O)O[C@@H](C)C(c2cccc(C)c2)c2cccc(C)c2)c1OC(C)=O. The fourth-order valence-electron chi connectivity index (χ4n) is 4.32. The van der Waals surface area contributed by atoms with Crippen molar-refractivity contribution in [2.75, 3.05) is 7.11 Å². The largest absolute Gasteiger partial charge is 0.493 e. The van der Waals surface area contributed by atoms with E-state index in [1.807, 2.05) is 57.2 Å². The Hall–Kier alpha value is -4.00. The van der Waals surface area contributed by atoms with Gasteiger partial charge in [-0.25, -0.2) is 4.98 Å². The second-order valence-corrected chi connectivity index (χ2v) is 9.26. The number of pyridine rings is 1. The van der Waals surface area contributed by atoms with Gasteiger partial charge in [0.25, 0.3) is 0 Å². The van der Waals surface area contributed by atoms with Gasteiger partial charge in [-0.05, 0) is 31.9 Å². The molecule has 194 valence electrons. The lowest BCUT2D eigenvalue weighted by Crippen LogP contribution is -2.28. The Labute approximate surface area is 217 Å². The molecule has 0 fully saturated rings. The molecule has 0 saturated carbocycles. The molecule has 0 bridgehead atoms. The van der Waals surface area contributed by atoms with Gasteiger partial charge >= 0.3 is 11.9 Å². The Balaban J connectivity index is 1.80. The number of aryl methyl sites for hydroxylation is 2. The minimum absolute atomic E-state index is 0.0598. The summed E-state index contributed by atoms with van der Waals surface area (Å²) in [6, 6.07) is 17.8. The van der Waals surface area contributed by atoms with E-state index in [-0.39, 0.29) is 29.5 Å². The Morgan fingerprint density at radius 2 is 1.51 bits per heavy atom. The lowest BCUT2D eigenvalue weighted by molar-refractivity contribution is -0.153. The smallest absolute Gasteiger partial charge is 0.309 e. The molecule has 0 aliphatic heterocycles. The number of hydrogen-bond donors (Lipinski definition) is 0. The third-order valence-corrected chi connectivity index (χ3v) is 6.07. The molecular weight excluding hydrogens is 470 g/mol. The summed E-state index contributed by atoms with van der Waals surface area (Å²) in [5.74, 6) is -2.35. The van der Waals surface area contributed by atoms with E-state index < -0.39 is 29.7 Å². The number of ketones is 1. The first-order valence-electron chi connectivity index (χ1n) is 12.2. The van der Waals surface area contributed by atoms with E-state index in [0.29, 0.717) is 0 Å². The van der Waals surface area contributed by atoms with Gasteiger partial charge in [-0.15, -0.1) is 0 Å². The summed E-state index contributed by atoms with van der Waals surface area (Å²) in [5.41, 5.74) is 4.24. The number of benzene rings is 2. The number of aromatic nitrogens is 1. The average molecular weight is 504 g/mol. The standard InChI is InChI=1S/C30H33NO6/c1-18-9-7-11-23(15-18)27(24-12-8-10-19(2)16-24)21(4)36-30(34)20(3)17-25(33)28-29(37-22(5)32)26(35-6)13-14-31-28/h7-16,20-21,27H,17H2,1-6H3/t20-,21+/m1/s1. The van der Waals surface area contributed by atoms with E-state index in [2.05, 4.69) is 17.1 Å². The van der Waals surface area contributed by atoms with Crippen LogP contribution in [0.15, 0.2) is 60.8 Å². The highest BCUT2D eigenvalue weighted by atomic mass is 16.6. The number of Topliss-reactive ketones (excluding diaryl/α,β-unsaturated/α-hetero) is 1. The lowest BCUT2D eigenvalue weighted by atomic mass is 9.86.